The van der Waals surface area contributed by atoms with Gasteiger partial charge in [0.2, 0.25) is 0 Å². The number of para-hydroxylation sites is 1. The highest BCUT2D eigenvalue weighted by molar-refractivity contribution is 5.22. The molecule has 1 aromatic heterocycles. The molecule has 0 radical (unpaired) electrons. The van der Waals surface area contributed by atoms with Crippen molar-refractivity contribution in [3.05, 3.63) is 60.4 Å². The Labute approximate surface area is 148 Å². The van der Waals surface area contributed by atoms with Crippen molar-refractivity contribution >= 4 is 0 Å². The predicted octanol–water partition coefficient (Wildman–Crippen LogP) is 1.78. The maximum atomic E-state index is 11.5. The number of hydrogen-bond acceptors (Lipinski definition) is 5. The lowest BCUT2D eigenvalue weighted by Crippen LogP contribution is -2.59. The molecule has 4 rings (SSSR count). The first-order valence-corrected chi connectivity index (χ1v) is 9.06. The number of rotatable bonds is 4. The first-order valence-electron chi connectivity index (χ1n) is 9.06. The van der Waals surface area contributed by atoms with Gasteiger partial charge in [-0.25, -0.2) is 0 Å². The van der Waals surface area contributed by atoms with Gasteiger partial charge in [0, 0.05) is 25.8 Å². The van der Waals surface area contributed by atoms with Gasteiger partial charge < -0.3 is 15.2 Å². The van der Waals surface area contributed by atoms with Crippen molar-refractivity contribution in [2.75, 3.05) is 26.2 Å². The summed E-state index contributed by atoms with van der Waals surface area (Å²) >= 11 is 0. The Morgan fingerprint density at radius 2 is 2.00 bits per heavy atom. The van der Waals surface area contributed by atoms with Gasteiger partial charge in [0.1, 0.15) is 17.5 Å². The molecule has 2 aliphatic rings. The number of aliphatic hydroxyl groups is 1. The molecule has 2 aromatic rings. The van der Waals surface area contributed by atoms with E-state index >= 15 is 0 Å². The smallest absolute Gasteiger partial charge is 0.124 e. The summed E-state index contributed by atoms with van der Waals surface area (Å²) in [6.45, 7) is 3.34. The molecule has 0 bridgehead atoms. The molecule has 2 unspecified atom stereocenters. The van der Waals surface area contributed by atoms with E-state index in [1.54, 1.807) is 6.20 Å². The summed E-state index contributed by atoms with van der Waals surface area (Å²) < 4.78 is 6.11. The normalized spacial score (nSPS) is 30.3. The van der Waals surface area contributed by atoms with E-state index in [4.69, 9.17) is 4.74 Å². The molecular formula is C20H25N3O2. The van der Waals surface area contributed by atoms with Crippen LogP contribution in [0.2, 0.25) is 0 Å². The van der Waals surface area contributed by atoms with Crippen LogP contribution >= 0.6 is 0 Å². The SMILES string of the molecule is OC1(c2ccccn2)CCNCC1N1CC[C@H](Oc2ccccc2)C1. The fourth-order valence-corrected chi connectivity index (χ4v) is 4.03. The van der Waals surface area contributed by atoms with E-state index < -0.39 is 5.60 Å². The molecule has 0 aliphatic carbocycles. The summed E-state index contributed by atoms with van der Waals surface area (Å²) in [5.74, 6) is 0.913. The Bertz CT molecular complexity index is 682. The summed E-state index contributed by atoms with van der Waals surface area (Å²) in [7, 11) is 0. The number of nitrogens with one attached hydrogen (secondary N) is 1. The Morgan fingerprint density at radius 3 is 2.80 bits per heavy atom. The minimum Gasteiger partial charge on any atom is -0.489 e. The van der Waals surface area contributed by atoms with Crippen LogP contribution in [0.5, 0.6) is 5.75 Å². The Hall–Kier alpha value is -1.95. The summed E-state index contributed by atoms with van der Waals surface area (Å²) in [6.07, 6.45) is 3.58. The largest absolute Gasteiger partial charge is 0.489 e. The van der Waals surface area contributed by atoms with Crippen molar-refractivity contribution in [2.24, 2.45) is 0 Å². The molecule has 5 heteroatoms. The van der Waals surface area contributed by atoms with E-state index in [0.29, 0.717) is 6.42 Å². The molecule has 0 spiro atoms. The molecule has 3 heterocycles. The summed E-state index contributed by atoms with van der Waals surface area (Å²) in [5, 5.41) is 14.9. The molecule has 2 saturated heterocycles. The third-order valence-electron chi connectivity index (χ3n) is 5.34. The highest BCUT2D eigenvalue weighted by Gasteiger charge is 2.46. The molecular weight excluding hydrogens is 314 g/mol. The van der Waals surface area contributed by atoms with Gasteiger partial charge in [0.25, 0.3) is 0 Å². The number of nitrogens with zero attached hydrogens (tertiary/aromatic N) is 2. The first-order chi connectivity index (χ1) is 12.3. The van der Waals surface area contributed by atoms with Crippen LogP contribution in [0.4, 0.5) is 0 Å². The zero-order valence-corrected chi connectivity index (χ0v) is 14.3. The highest BCUT2D eigenvalue weighted by Crippen LogP contribution is 2.34. The fraction of sp³-hybridized carbons (Fsp3) is 0.450. The number of hydrogen-bond donors (Lipinski definition) is 2. The molecule has 25 heavy (non-hydrogen) atoms. The Balaban J connectivity index is 1.48. The van der Waals surface area contributed by atoms with Gasteiger partial charge in [-0.3, -0.25) is 9.88 Å². The summed E-state index contributed by atoms with van der Waals surface area (Å²) in [5.41, 5.74) is -0.136. The number of ether oxygens (including phenoxy) is 1. The monoisotopic (exact) mass is 339 g/mol. The van der Waals surface area contributed by atoms with E-state index in [9.17, 15) is 5.11 Å². The molecule has 2 N–H and O–H groups in total. The van der Waals surface area contributed by atoms with Crippen molar-refractivity contribution < 1.29 is 9.84 Å². The van der Waals surface area contributed by atoms with Crippen LogP contribution in [-0.4, -0.2) is 53.3 Å². The lowest BCUT2D eigenvalue weighted by molar-refractivity contribution is -0.0710. The molecule has 132 valence electrons. The zero-order chi connectivity index (χ0) is 17.1. The van der Waals surface area contributed by atoms with Crippen molar-refractivity contribution in [1.82, 2.24) is 15.2 Å². The van der Waals surface area contributed by atoms with Gasteiger partial charge >= 0.3 is 0 Å². The van der Waals surface area contributed by atoms with Crippen LogP contribution in [0.25, 0.3) is 0 Å². The fourth-order valence-electron chi connectivity index (χ4n) is 4.03. The molecule has 1 aromatic carbocycles. The standard InChI is InChI=1S/C20H25N3O2/c24-20(18-8-4-5-11-22-18)10-12-21-14-19(20)23-13-9-17(15-23)25-16-6-2-1-3-7-16/h1-8,11,17,19,21,24H,9-10,12-15H2/t17-,19?,20?/m0/s1. The summed E-state index contributed by atoms with van der Waals surface area (Å²) in [6, 6.07) is 15.8. The van der Waals surface area contributed by atoms with E-state index in [1.807, 2.05) is 48.5 Å². The second kappa shape index (κ2) is 7.12. The second-order valence-corrected chi connectivity index (χ2v) is 6.95. The van der Waals surface area contributed by atoms with E-state index in [2.05, 4.69) is 15.2 Å². The third kappa shape index (κ3) is 3.40. The Morgan fingerprint density at radius 1 is 1.16 bits per heavy atom. The number of likely N-dealkylation sites (tertiary alicyclic amines) is 1. The Kier molecular flexibility index (Phi) is 4.70. The zero-order valence-electron chi connectivity index (χ0n) is 14.3. The van der Waals surface area contributed by atoms with Crippen LogP contribution in [-0.2, 0) is 5.60 Å². The molecule has 3 atom stereocenters. The molecule has 0 amide bonds. The van der Waals surface area contributed by atoms with Crippen LogP contribution in [0.1, 0.15) is 18.5 Å². The van der Waals surface area contributed by atoms with Gasteiger partial charge in [0.05, 0.1) is 11.7 Å². The third-order valence-corrected chi connectivity index (χ3v) is 5.34. The summed E-state index contributed by atoms with van der Waals surface area (Å²) in [4.78, 5) is 6.80. The number of benzene rings is 1. The maximum absolute atomic E-state index is 11.5. The van der Waals surface area contributed by atoms with E-state index in [1.165, 1.54) is 0 Å². The molecule has 2 aliphatic heterocycles. The minimum atomic E-state index is -0.909. The van der Waals surface area contributed by atoms with Gasteiger partial charge in [-0.05, 0) is 43.7 Å². The lowest BCUT2D eigenvalue weighted by Gasteiger charge is -2.44. The highest BCUT2D eigenvalue weighted by atomic mass is 16.5. The van der Waals surface area contributed by atoms with Crippen LogP contribution in [0.15, 0.2) is 54.7 Å². The predicted molar refractivity (Wildman–Crippen MR) is 96.5 cm³/mol. The first kappa shape index (κ1) is 16.5. The average molecular weight is 339 g/mol. The van der Waals surface area contributed by atoms with Crippen molar-refractivity contribution in [3.63, 3.8) is 0 Å². The molecule has 0 saturated carbocycles. The van der Waals surface area contributed by atoms with Crippen LogP contribution in [0, 0.1) is 0 Å². The van der Waals surface area contributed by atoms with Gasteiger partial charge in [-0.1, -0.05) is 24.3 Å². The average Bonchev–Trinajstić information content (AvgIpc) is 3.12. The molecule has 2 fully saturated rings. The van der Waals surface area contributed by atoms with Gasteiger partial charge in [-0.2, -0.15) is 0 Å². The van der Waals surface area contributed by atoms with Crippen molar-refractivity contribution in [3.8, 4) is 5.75 Å². The lowest BCUT2D eigenvalue weighted by atomic mass is 9.83. The maximum Gasteiger partial charge on any atom is 0.124 e. The second-order valence-electron chi connectivity index (χ2n) is 6.95. The number of piperidine rings is 1. The van der Waals surface area contributed by atoms with E-state index in [-0.39, 0.29) is 12.1 Å². The van der Waals surface area contributed by atoms with Gasteiger partial charge in [0.15, 0.2) is 0 Å². The van der Waals surface area contributed by atoms with Crippen molar-refractivity contribution in [1.29, 1.82) is 0 Å². The van der Waals surface area contributed by atoms with Crippen LogP contribution < -0.4 is 10.1 Å². The number of pyridine rings is 1. The quantitative estimate of drug-likeness (QED) is 0.889. The number of aromatic nitrogens is 1. The topological polar surface area (TPSA) is 57.6 Å². The van der Waals surface area contributed by atoms with Gasteiger partial charge in [-0.15, -0.1) is 0 Å². The van der Waals surface area contributed by atoms with E-state index in [0.717, 1.165) is 44.0 Å². The van der Waals surface area contributed by atoms with Crippen LogP contribution in [0.3, 0.4) is 0 Å². The molecule has 5 nitrogen and oxygen atoms in total. The van der Waals surface area contributed by atoms with Crippen molar-refractivity contribution in [2.45, 2.75) is 30.6 Å². The minimum absolute atomic E-state index is 0.0144.